The second-order valence-electron chi connectivity index (χ2n) is 6.18. The average molecular weight is 389 g/mol. The third-order valence-electron chi connectivity index (χ3n) is 3.99. The molecule has 6 heteroatoms. The first kappa shape index (κ1) is 19.3. The van der Waals surface area contributed by atoms with Crippen molar-refractivity contribution in [1.29, 1.82) is 0 Å². The number of rotatable bonds is 6. The zero-order chi connectivity index (χ0) is 19.9. The van der Waals surface area contributed by atoms with E-state index in [9.17, 15) is 9.59 Å². The predicted molar refractivity (Wildman–Crippen MR) is 112 cm³/mol. The van der Waals surface area contributed by atoms with Gasteiger partial charge >= 0.3 is 0 Å². The molecular weight excluding hydrogens is 370 g/mol. The number of aryl methyl sites for hydroxylation is 1. The third-order valence-corrected chi connectivity index (χ3v) is 4.77. The van der Waals surface area contributed by atoms with Crippen LogP contribution < -0.4 is 10.6 Å². The van der Waals surface area contributed by atoms with Crippen LogP contribution in [0.25, 0.3) is 11.3 Å². The van der Waals surface area contributed by atoms with E-state index in [0.717, 1.165) is 21.8 Å². The van der Waals surface area contributed by atoms with Crippen molar-refractivity contribution >= 4 is 28.8 Å². The number of aromatic nitrogens is 1. The molecule has 1 heterocycles. The fraction of sp³-hybridized carbons (Fsp3) is 0.136. The highest BCUT2D eigenvalue weighted by molar-refractivity contribution is 7.09. The molecule has 3 rings (SSSR count). The molecule has 140 valence electrons. The third kappa shape index (κ3) is 5.29. The Morgan fingerprint density at radius 1 is 1.14 bits per heavy atom. The number of carbonyl (C=O) groups excluding carboxylic acids is 2. The van der Waals surface area contributed by atoms with Crippen molar-refractivity contribution in [3.05, 3.63) is 70.0 Å². The molecule has 0 saturated heterocycles. The van der Waals surface area contributed by atoms with E-state index in [1.165, 1.54) is 0 Å². The van der Waals surface area contributed by atoms with Gasteiger partial charge in [0.25, 0.3) is 0 Å². The van der Waals surface area contributed by atoms with Crippen molar-refractivity contribution in [2.75, 3.05) is 11.9 Å². The first-order valence-electron chi connectivity index (χ1n) is 8.68. The van der Waals surface area contributed by atoms with Crippen LogP contribution in [0.15, 0.2) is 53.9 Å². The molecule has 1 aromatic heterocycles. The van der Waals surface area contributed by atoms with Crippen LogP contribution in [-0.4, -0.2) is 23.3 Å². The molecule has 2 aromatic carbocycles. The van der Waals surface area contributed by atoms with Gasteiger partial charge in [-0.15, -0.1) is 17.8 Å². The number of amides is 2. The number of thiazole rings is 1. The summed E-state index contributed by atoms with van der Waals surface area (Å²) in [4.78, 5) is 28.5. The fourth-order valence-corrected chi connectivity index (χ4v) is 3.23. The van der Waals surface area contributed by atoms with Crippen molar-refractivity contribution in [3.8, 4) is 23.6 Å². The molecule has 0 aliphatic carbocycles. The molecule has 0 spiro atoms. The molecule has 2 N–H and O–H groups in total. The van der Waals surface area contributed by atoms with Gasteiger partial charge in [-0.05, 0) is 30.7 Å². The number of nitrogens with one attached hydrogen (secondary N) is 2. The zero-order valence-electron chi connectivity index (χ0n) is 15.4. The summed E-state index contributed by atoms with van der Waals surface area (Å²) in [6, 6.07) is 14.7. The number of hydrogen-bond acceptors (Lipinski definition) is 4. The minimum atomic E-state index is -0.309. The summed E-state index contributed by atoms with van der Waals surface area (Å²) in [6.07, 6.45) is 5.55. The Morgan fingerprint density at radius 3 is 2.61 bits per heavy atom. The monoisotopic (exact) mass is 389 g/mol. The van der Waals surface area contributed by atoms with Crippen LogP contribution in [0.3, 0.4) is 0 Å². The molecule has 3 aromatic rings. The smallest absolute Gasteiger partial charge is 0.243 e. The SMILES string of the molecule is C#Cc1cccc(NC(=O)CNC(=O)Cc2ccc(-c3csc(C)n3)cc2)c1. The quantitative estimate of drug-likeness (QED) is 0.635. The van der Waals surface area contributed by atoms with Crippen molar-refractivity contribution in [2.45, 2.75) is 13.3 Å². The summed E-state index contributed by atoms with van der Waals surface area (Å²) in [5.41, 5.74) is 4.10. The maximum absolute atomic E-state index is 12.1. The van der Waals surface area contributed by atoms with Gasteiger partial charge in [0, 0.05) is 22.2 Å². The molecule has 0 saturated carbocycles. The van der Waals surface area contributed by atoms with Gasteiger partial charge in [-0.2, -0.15) is 0 Å². The molecule has 2 amide bonds. The summed E-state index contributed by atoms with van der Waals surface area (Å²) in [5.74, 6) is 1.98. The lowest BCUT2D eigenvalue weighted by molar-refractivity contribution is -0.123. The number of anilines is 1. The summed E-state index contributed by atoms with van der Waals surface area (Å²) >= 11 is 1.60. The summed E-state index contributed by atoms with van der Waals surface area (Å²) in [7, 11) is 0. The largest absolute Gasteiger partial charge is 0.347 e. The topological polar surface area (TPSA) is 71.1 Å². The van der Waals surface area contributed by atoms with Gasteiger partial charge in [0.15, 0.2) is 0 Å². The molecule has 0 aliphatic rings. The highest BCUT2D eigenvalue weighted by atomic mass is 32.1. The Hall–Kier alpha value is -3.43. The highest BCUT2D eigenvalue weighted by Gasteiger charge is 2.08. The van der Waals surface area contributed by atoms with Gasteiger partial charge in [-0.3, -0.25) is 9.59 Å². The van der Waals surface area contributed by atoms with Crippen LogP contribution in [0.4, 0.5) is 5.69 Å². The standard InChI is InChI=1S/C22H19N3O2S/c1-3-16-5-4-6-19(11-16)25-22(27)13-23-21(26)12-17-7-9-18(10-8-17)20-14-28-15(2)24-20/h1,4-11,14H,12-13H2,2H3,(H,23,26)(H,25,27). The first-order chi connectivity index (χ1) is 13.5. The lowest BCUT2D eigenvalue weighted by atomic mass is 10.1. The van der Waals surface area contributed by atoms with Crippen molar-refractivity contribution in [1.82, 2.24) is 10.3 Å². The number of terminal acetylenes is 1. The first-order valence-corrected chi connectivity index (χ1v) is 9.56. The Balaban J connectivity index is 1.48. The maximum Gasteiger partial charge on any atom is 0.243 e. The van der Waals surface area contributed by atoms with Gasteiger partial charge in [-0.1, -0.05) is 36.3 Å². The molecule has 28 heavy (non-hydrogen) atoms. The van der Waals surface area contributed by atoms with Crippen LogP contribution >= 0.6 is 11.3 Å². The van der Waals surface area contributed by atoms with Crippen molar-refractivity contribution < 1.29 is 9.59 Å². The molecule has 0 atom stereocenters. The van der Waals surface area contributed by atoms with Crippen LogP contribution in [0.5, 0.6) is 0 Å². The van der Waals surface area contributed by atoms with Crippen LogP contribution in [-0.2, 0) is 16.0 Å². The number of benzene rings is 2. The normalized spacial score (nSPS) is 10.1. The fourth-order valence-electron chi connectivity index (χ4n) is 2.61. The van der Waals surface area contributed by atoms with Crippen molar-refractivity contribution in [2.24, 2.45) is 0 Å². The molecule has 0 radical (unpaired) electrons. The lowest BCUT2D eigenvalue weighted by Gasteiger charge is -2.08. The van der Waals surface area contributed by atoms with Crippen LogP contribution in [0.2, 0.25) is 0 Å². The number of hydrogen-bond donors (Lipinski definition) is 2. The lowest BCUT2D eigenvalue weighted by Crippen LogP contribution is -2.33. The molecule has 0 bridgehead atoms. The number of nitrogens with zero attached hydrogens (tertiary/aromatic N) is 1. The van der Waals surface area contributed by atoms with Gasteiger partial charge in [0.1, 0.15) is 0 Å². The Labute approximate surface area is 167 Å². The van der Waals surface area contributed by atoms with Crippen LogP contribution in [0.1, 0.15) is 16.1 Å². The molecule has 0 aliphatic heterocycles. The minimum Gasteiger partial charge on any atom is -0.347 e. The predicted octanol–water partition coefficient (Wildman–Crippen LogP) is 3.40. The summed E-state index contributed by atoms with van der Waals surface area (Å²) in [5, 5.41) is 8.36. The van der Waals surface area contributed by atoms with Gasteiger partial charge in [-0.25, -0.2) is 4.98 Å². The van der Waals surface area contributed by atoms with E-state index in [2.05, 4.69) is 21.5 Å². The summed E-state index contributed by atoms with van der Waals surface area (Å²) < 4.78 is 0. The van der Waals surface area contributed by atoms with E-state index >= 15 is 0 Å². The Morgan fingerprint density at radius 2 is 1.93 bits per heavy atom. The van der Waals surface area contributed by atoms with E-state index < -0.39 is 0 Å². The van der Waals surface area contributed by atoms with E-state index in [0.29, 0.717) is 11.3 Å². The summed E-state index contributed by atoms with van der Waals surface area (Å²) in [6.45, 7) is 1.87. The van der Waals surface area contributed by atoms with Crippen molar-refractivity contribution in [3.63, 3.8) is 0 Å². The van der Waals surface area contributed by atoms with Gasteiger partial charge < -0.3 is 10.6 Å². The molecular formula is C22H19N3O2S. The van der Waals surface area contributed by atoms with E-state index in [1.54, 1.807) is 35.6 Å². The molecule has 0 unspecified atom stereocenters. The van der Waals surface area contributed by atoms with Gasteiger partial charge in [0.2, 0.25) is 11.8 Å². The van der Waals surface area contributed by atoms with E-state index in [1.807, 2.05) is 36.6 Å². The second-order valence-corrected chi connectivity index (χ2v) is 7.24. The van der Waals surface area contributed by atoms with Crippen LogP contribution in [0, 0.1) is 19.3 Å². The van der Waals surface area contributed by atoms with E-state index in [4.69, 9.17) is 6.42 Å². The highest BCUT2D eigenvalue weighted by Crippen LogP contribution is 2.21. The minimum absolute atomic E-state index is 0.102. The molecule has 5 nitrogen and oxygen atoms in total. The Kier molecular flexibility index (Phi) is 6.20. The zero-order valence-corrected chi connectivity index (χ0v) is 16.2. The molecule has 0 fully saturated rings. The average Bonchev–Trinajstić information content (AvgIpc) is 3.13. The Bertz CT molecular complexity index is 1030. The van der Waals surface area contributed by atoms with E-state index in [-0.39, 0.29) is 24.8 Å². The van der Waals surface area contributed by atoms with Gasteiger partial charge in [0.05, 0.1) is 23.7 Å². The maximum atomic E-state index is 12.1. The number of carbonyl (C=O) groups is 2. The second kappa shape index (κ2) is 8.98.